The fourth-order valence-corrected chi connectivity index (χ4v) is 1.59. The summed E-state index contributed by atoms with van der Waals surface area (Å²) in [5.74, 6) is -1.14. The summed E-state index contributed by atoms with van der Waals surface area (Å²) in [4.78, 5) is 24.7. The number of carboxylic acid groups (broad SMARTS) is 1. The van der Waals surface area contributed by atoms with Gasteiger partial charge in [0.1, 0.15) is 17.6 Å². The molecule has 104 valence electrons. The number of aliphatic hydroxyl groups is 1. The summed E-state index contributed by atoms with van der Waals surface area (Å²) >= 11 is 0. The minimum Gasteiger partial charge on any atom is -0.477 e. The molecule has 1 aromatic rings. The molecule has 0 aliphatic heterocycles. The number of hydrogen-bond donors (Lipinski definition) is 3. The highest BCUT2D eigenvalue weighted by atomic mass is 16.6. The molecule has 1 unspecified atom stereocenters. The summed E-state index contributed by atoms with van der Waals surface area (Å²) in [6, 6.07) is 1.06. The first-order chi connectivity index (χ1) is 8.99. The maximum Gasteiger partial charge on any atom is 0.342 e. The third kappa shape index (κ3) is 3.88. The summed E-state index contributed by atoms with van der Waals surface area (Å²) in [7, 11) is 0. The van der Waals surface area contributed by atoms with Gasteiger partial charge in [-0.05, 0) is 12.8 Å². The number of anilines is 1. The minimum atomic E-state index is -1.38. The molecule has 1 aromatic heterocycles. The zero-order chi connectivity index (χ0) is 14.4. The fourth-order valence-electron chi connectivity index (χ4n) is 1.59. The molecule has 0 amide bonds. The van der Waals surface area contributed by atoms with E-state index in [2.05, 4.69) is 10.3 Å². The number of pyridine rings is 1. The Morgan fingerprint density at radius 3 is 2.79 bits per heavy atom. The molecule has 3 N–H and O–H groups in total. The zero-order valence-electron chi connectivity index (χ0n) is 10.4. The molecule has 19 heavy (non-hydrogen) atoms. The van der Waals surface area contributed by atoms with Crippen LogP contribution in [0.25, 0.3) is 0 Å². The molecule has 0 bridgehead atoms. The lowest BCUT2D eigenvalue weighted by molar-refractivity contribution is -0.385. The molecule has 8 heteroatoms. The summed E-state index contributed by atoms with van der Waals surface area (Å²) in [6.45, 7) is 1.89. The van der Waals surface area contributed by atoms with Gasteiger partial charge < -0.3 is 15.5 Å². The number of aliphatic hydroxyl groups excluding tert-OH is 1. The van der Waals surface area contributed by atoms with E-state index in [1.165, 1.54) is 0 Å². The lowest BCUT2D eigenvalue weighted by atomic mass is 10.1. The van der Waals surface area contributed by atoms with Crippen molar-refractivity contribution in [2.24, 2.45) is 0 Å². The van der Waals surface area contributed by atoms with Gasteiger partial charge in [0.25, 0.3) is 0 Å². The van der Waals surface area contributed by atoms with E-state index in [0.717, 1.165) is 12.3 Å². The largest absolute Gasteiger partial charge is 0.477 e. The molecular weight excluding hydrogens is 254 g/mol. The Balaban J connectivity index is 3.01. The Morgan fingerprint density at radius 1 is 1.63 bits per heavy atom. The highest BCUT2D eigenvalue weighted by molar-refractivity contribution is 5.93. The van der Waals surface area contributed by atoms with E-state index in [9.17, 15) is 14.9 Å². The predicted molar refractivity (Wildman–Crippen MR) is 67.3 cm³/mol. The molecule has 0 saturated carbocycles. The van der Waals surface area contributed by atoms with Crippen molar-refractivity contribution in [1.29, 1.82) is 0 Å². The van der Waals surface area contributed by atoms with Gasteiger partial charge in [-0.25, -0.2) is 9.78 Å². The number of nitro groups is 1. The maximum atomic E-state index is 11.0. The predicted octanol–water partition coefficient (Wildman–Crippen LogP) is 1.26. The van der Waals surface area contributed by atoms with Crippen molar-refractivity contribution < 1.29 is 19.9 Å². The lowest BCUT2D eigenvalue weighted by Crippen LogP contribution is -2.21. The number of nitrogens with zero attached hydrogens (tertiary/aromatic N) is 2. The van der Waals surface area contributed by atoms with Crippen molar-refractivity contribution in [3.8, 4) is 0 Å². The third-order valence-electron chi connectivity index (χ3n) is 2.63. The van der Waals surface area contributed by atoms with Crippen molar-refractivity contribution in [3.05, 3.63) is 27.9 Å². The molecule has 0 aromatic carbocycles. The molecule has 0 aliphatic carbocycles. The van der Waals surface area contributed by atoms with E-state index >= 15 is 0 Å². The van der Waals surface area contributed by atoms with Crippen LogP contribution in [0.15, 0.2) is 12.3 Å². The van der Waals surface area contributed by atoms with Gasteiger partial charge >= 0.3 is 11.7 Å². The smallest absolute Gasteiger partial charge is 0.342 e. The summed E-state index contributed by atoms with van der Waals surface area (Å²) in [5, 5.41) is 31.4. The van der Waals surface area contributed by atoms with Crippen LogP contribution in [0.4, 0.5) is 11.5 Å². The van der Waals surface area contributed by atoms with Crippen LogP contribution >= 0.6 is 0 Å². The van der Waals surface area contributed by atoms with Gasteiger partial charge in [-0.15, -0.1) is 0 Å². The Kier molecular flexibility index (Phi) is 5.19. The second-order valence-corrected chi connectivity index (χ2v) is 3.91. The van der Waals surface area contributed by atoms with E-state index in [0.29, 0.717) is 12.8 Å². The topological polar surface area (TPSA) is 126 Å². The molecule has 0 fully saturated rings. The highest BCUT2D eigenvalue weighted by Gasteiger charge is 2.21. The molecule has 0 spiro atoms. The van der Waals surface area contributed by atoms with Gasteiger partial charge in [-0.1, -0.05) is 6.92 Å². The summed E-state index contributed by atoms with van der Waals surface area (Å²) < 4.78 is 0. The van der Waals surface area contributed by atoms with Gasteiger partial charge in [0, 0.05) is 18.7 Å². The number of hydrogen-bond acceptors (Lipinski definition) is 6. The molecule has 1 atom stereocenters. The van der Waals surface area contributed by atoms with Crippen molar-refractivity contribution in [3.63, 3.8) is 0 Å². The lowest BCUT2D eigenvalue weighted by Gasteiger charge is -2.16. The third-order valence-corrected chi connectivity index (χ3v) is 2.63. The van der Waals surface area contributed by atoms with Crippen LogP contribution < -0.4 is 5.32 Å². The number of aromatic nitrogens is 1. The van der Waals surface area contributed by atoms with Crippen LogP contribution in [-0.4, -0.2) is 38.7 Å². The average Bonchev–Trinajstić information content (AvgIpc) is 2.37. The molecule has 1 rings (SSSR count). The van der Waals surface area contributed by atoms with Crippen molar-refractivity contribution in [2.45, 2.75) is 25.8 Å². The molecule has 0 radical (unpaired) electrons. The van der Waals surface area contributed by atoms with E-state index in [1.54, 1.807) is 0 Å². The van der Waals surface area contributed by atoms with Gasteiger partial charge in [-0.2, -0.15) is 0 Å². The van der Waals surface area contributed by atoms with Crippen LogP contribution in [0.5, 0.6) is 0 Å². The van der Waals surface area contributed by atoms with E-state index in [1.807, 2.05) is 6.92 Å². The van der Waals surface area contributed by atoms with E-state index < -0.39 is 22.1 Å². The van der Waals surface area contributed by atoms with Crippen LogP contribution in [0.1, 0.15) is 30.1 Å². The second-order valence-electron chi connectivity index (χ2n) is 3.91. The summed E-state index contributed by atoms with van der Waals surface area (Å²) in [6.07, 6.45) is 2.11. The molecular formula is C11H15N3O5. The SMILES string of the molecule is CCC(CCO)Nc1cc(C(=O)O)c([N+](=O)[O-])cn1. The van der Waals surface area contributed by atoms with Crippen LogP contribution in [0.3, 0.4) is 0 Å². The number of carboxylic acids is 1. The average molecular weight is 269 g/mol. The number of carbonyl (C=O) groups is 1. The Morgan fingerprint density at radius 2 is 2.32 bits per heavy atom. The molecule has 1 heterocycles. The normalized spacial score (nSPS) is 11.9. The van der Waals surface area contributed by atoms with Gasteiger partial charge in [0.15, 0.2) is 0 Å². The van der Waals surface area contributed by atoms with Crippen molar-refractivity contribution in [2.75, 3.05) is 11.9 Å². The Bertz CT molecular complexity index is 477. The minimum absolute atomic E-state index is 0.00965. The van der Waals surface area contributed by atoms with Crippen LogP contribution in [-0.2, 0) is 0 Å². The van der Waals surface area contributed by atoms with E-state index in [-0.39, 0.29) is 18.5 Å². The standard InChI is InChI=1S/C11H15N3O5/c1-2-7(3-4-15)13-10-5-8(11(16)17)9(6-12-10)14(18)19/h5-7,15H,2-4H2,1H3,(H,12,13)(H,16,17). The van der Waals surface area contributed by atoms with Gasteiger partial charge in [0.2, 0.25) is 0 Å². The quantitative estimate of drug-likeness (QED) is 0.502. The molecule has 0 saturated heterocycles. The Labute approximate surface area is 109 Å². The monoisotopic (exact) mass is 269 g/mol. The first-order valence-corrected chi connectivity index (χ1v) is 5.74. The van der Waals surface area contributed by atoms with Gasteiger partial charge in [-0.3, -0.25) is 10.1 Å². The first-order valence-electron chi connectivity index (χ1n) is 5.74. The molecule has 0 aliphatic rings. The Hall–Kier alpha value is -2.22. The van der Waals surface area contributed by atoms with Crippen molar-refractivity contribution in [1.82, 2.24) is 4.98 Å². The number of aromatic carboxylic acids is 1. The van der Waals surface area contributed by atoms with Crippen molar-refractivity contribution >= 4 is 17.5 Å². The summed E-state index contributed by atoms with van der Waals surface area (Å²) in [5.41, 5.74) is -0.963. The van der Waals surface area contributed by atoms with E-state index in [4.69, 9.17) is 10.2 Å². The van der Waals surface area contributed by atoms with Crippen LogP contribution in [0, 0.1) is 10.1 Å². The van der Waals surface area contributed by atoms with Crippen LogP contribution in [0.2, 0.25) is 0 Å². The zero-order valence-corrected chi connectivity index (χ0v) is 10.4. The maximum absolute atomic E-state index is 11.0. The molecule has 8 nitrogen and oxygen atoms in total. The second kappa shape index (κ2) is 6.64. The van der Waals surface area contributed by atoms with Gasteiger partial charge in [0.05, 0.1) is 4.92 Å². The number of rotatable bonds is 7. The fraction of sp³-hybridized carbons (Fsp3) is 0.455. The highest BCUT2D eigenvalue weighted by Crippen LogP contribution is 2.21. The number of nitrogens with one attached hydrogen (secondary N) is 1. The first kappa shape index (κ1) is 14.8.